The van der Waals surface area contributed by atoms with Crippen molar-refractivity contribution in [1.29, 1.82) is 0 Å². The van der Waals surface area contributed by atoms with Gasteiger partial charge in [0.25, 0.3) is 5.91 Å². The van der Waals surface area contributed by atoms with Gasteiger partial charge in [-0.1, -0.05) is 24.1 Å². The van der Waals surface area contributed by atoms with Crippen LogP contribution in [0, 0.1) is 17.8 Å². The molecule has 0 unspecified atom stereocenters. The van der Waals surface area contributed by atoms with Gasteiger partial charge in [-0.05, 0) is 80.1 Å². The third-order valence-electron chi connectivity index (χ3n) is 7.78. The number of alkyl halides is 3. The fourth-order valence-corrected chi connectivity index (χ4v) is 5.81. The van der Waals surface area contributed by atoms with Crippen LogP contribution in [0.25, 0.3) is 0 Å². The van der Waals surface area contributed by atoms with Gasteiger partial charge in [0.2, 0.25) is 0 Å². The van der Waals surface area contributed by atoms with E-state index < -0.39 is 11.7 Å². The second-order valence-electron chi connectivity index (χ2n) is 9.88. The quantitative estimate of drug-likeness (QED) is 0.466. The first kappa shape index (κ1) is 25.8. The lowest BCUT2D eigenvalue weighted by Gasteiger charge is -2.54. The highest BCUT2D eigenvalue weighted by Gasteiger charge is 2.49. The molecule has 7 heteroatoms. The number of phenolic OH excluding ortho intramolecular Hbond substituents is 1. The maximum Gasteiger partial charge on any atom is 0.416 e. The minimum atomic E-state index is -4.41. The van der Waals surface area contributed by atoms with Crippen LogP contribution >= 0.6 is 0 Å². The Morgan fingerprint density at radius 3 is 2.67 bits per heavy atom. The van der Waals surface area contributed by atoms with Crippen LogP contribution in [0.1, 0.15) is 42.4 Å². The van der Waals surface area contributed by atoms with Gasteiger partial charge >= 0.3 is 6.18 Å². The average molecular weight is 497 g/mol. The number of amides is 1. The molecule has 2 aromatic carbocycles. The first-order valence-corrected chi connectivity index (χ1v) is 12.2. The Labute approximate surface area is 210 Å². The minimum Gasteiger partial charge on any atom is -0.508 e. The first-order valence-electron chi connectivity index (χ1n) is 12.2. The standard InChI is InChI=1S/C29H31F3N2O2/c1-3-16-34-17-15-28(23-5-4-6-26(35)18-23)19-25(13-12-24(28)20-34)33(2)27(36)14-9-21-7-10-22(11-8-21)29(30,31)32/h3-8,10-11,18,24-25,35H,1,12-13,15-17,19-20H2,2H3/t24-,25-,28+/m1/s1. The third-order valence-corrected chi connectivity index (χ3v) is 7.78. The number of fused-ring (bicyclic) bond motifs is 1. The molecule has 36 heavy (non-hydrogen) atoms. The summed E-state index contributed by atoms with van der Waals surface area (Å²) >= 11 is 0. The van der Waals surface area contributed by atoms with E-state index in [1.54, 1.807) is 18.0 Å². The topological polar surface area (TPSA) is 43.8 Å². The molecule has 2 aromatic rings. The molecule has 2 aliphatic rings. The molecule has 2 fully saturated rings. The number of carbonyl (C=O) groups is 1. The zero-order valence-corrected chi connectivity index (χ0v) is 20.4. The normalized spacial score (nSPS) is 24.2. The van der Waals surface area contributed by atoms with Gasteiger partial charge in [-0.3, -0.25) is 9.69 Å². The highest BCUT2D eigenvalue weighted by atomic mass is 19.4. The Morgan fingerprint density at radius 2 is 2.00 bits per heavy atom. The summed E-state index contributed by atoms with van der Waals surface area (Å²) in [5.74, 6) is 5.60. The maximum absolute atomic E-state index is 12.9. The Bertz CT molecular complexity index is 1170. The van der Waals surface area contributed by atoms with Gasteiger partial charge in [0.05, 0.1) is 5.56 Å². The second-order valence-corrected chi connectivity index (χ2v) is 9.88. The molecule has 0 aromatic heterocycles. The van der Waals surface area contributed by atoms with E-state index in [1.165, 1.54) is 12.1 Å². The van der Waals surface area contributed by atoms with Gasteiger partial charge in [0.1, 0.15) is 5.75 Å². The monoisotopic (exact) mass is 496 g/mol. The molecule has 3 atom stereocenters. The molecule has 4 nitrogen and oxygen atoms in total. The summed E-state index contributed by atoms with van der Waals surface area (Å²) in [4.78, 5) is 17.0. The molecule has 1 heterocycles. The Balaban J connectivity index is 1.53. The zero-order chi connectivity index (χ0) is 25.9. The lowest BCUT2D eigenvalue weighted by Crippen LogP contribution is -2.56. The van der Waals surface area contributed by atoms with Gasteiger partial charge < -0.3 is 10.0 Å². The smallest absolute Gasteiger partial charge is 0.416 e. The van der Waals surface area contributed by atoms with Crippen LogP contribution in [0.5, 0.6) is 5.75 Å². The van der Waals surface area contributed by atoms with Crippen LogP contribution in [0.2, 0.25) is 0 Å². The number of hydrogen-bond donors (Lipinski definition) is 1. The van der Waals surface area contributed by atoms with Crippen molar-refractivity contribution in [2.45, 2.75) is 43.3 Å². The molecule has 190 valence electrons. The van der Waals surface area contributed by atoms with E-state index in [1.807, 2.05) is 18.2 Å². The van der Waals surface area contributed by atoms with Gasteiger partial charge in [-0.25, -0.2) is 0 Å². The number of likely N-dealkylation sites (tertiary alicyclic amines) is 1. The number of rotatable bonds is 4. The number of halogens is 3. The minimum absolute atomic E-state index is 0.0241. The van der Waals surface area contributed by atoms with Crippen LogP contribution < -0.4 is 0 Å². The predicted molar refractivity (Wildman–Crippen MR) is 133 cm³/mol. The molecule has 0 radical (unpaired) electrons. The number of aromatic hydroxyl groups is 1. The molecule has 1 aliphatic carbocycles. The molecular weight excluding hydrogens is 465 g/mol. The van der Waals surface area contributed by atoms with Crippen LogP contribution in [-0.2, 0) is 16.4 Å². The third kappa shape index (κ3) is 5.44. The van der Waals surface area contributed by atoms with Gasteiger partial charge in [0, 0.05) is 43.1 Å². The van der Waals surface area contributed by atoms with Crippen LogP contribution in [0.3, 0.4) is 0 Å². The molecule has 1 saturated heterocycles. The first-order chi connectivity index (χ1) is 17.1. The second kappa shape index (κ2) is 10.4. The molecule has 1 amide bonds. The summed E-state index contributed by atoms with van der Waals surface area (Å²) in [6, 6.07) is 12.0. The zero-order valence-electron chi connectivity index (χ0n) is 20.4. The number of carbonyl (C=O) groups excluding carboxylic acids is 1. The number of hydrogen-bond acceptors (Lipinski definition) is 3. The maximum atomic E-state index is 12.9. The van der Waals surface area contributed by atoms with E-state index in [4.69, 9.17) is 0 Å². The summed E-state index contributed by atoms with van der Waals surface area (Å²) in [7, 11) is 1.75. The van der Waals surface area contributed by atoms with Crippen LogP contribution in [0.4, 0.5) is 13.2 Å². The molecule has 1 saturated carbocycles. The fourth-order valence-electron chi connectivity index (χ4n) is 5.81. The summed E-state index contributed by atoms with van der Waals surface area (Å²) in [6.45, 7) is 6.57. The van der Waals surface area contributed by atoms with E-state index in [-0.39, 0.29) is 23.1 Å². The predicted octanol–water partition coefficient (Wildman–Crippen LogP) is 5.22. The molecule has 0 spiro atoms. The van der Waals surface area contributed by atoms with Crippen molar-refractivity contribution >= 4 is 5.91 Å². The van der Waals surface area contributed by atoms with E-state index in [0.29, 0.717) is 11.5 Å². The lowest BCUT2D eigenvalue weighted by atomic mass is 9.58. The van der Waals surface area contributed by atoms with Gasteiger partial charge in [0.15, 0.2) is 0 Å². The Hall–Kier alpha value is -3.24. The average Bonchev–Trinajstić information content (AvgIpc) is 2.86. The number of benzene rings is 2. The summed E-state index contributed by atoms with van der Waals surface area (Å²) in [5.41, 5.74) is 0.561. The van der Waals surface area contributed by atoms with Crippen molar-refractivity contribution in [2.24, 2.45) is 5.92 Å². The molecule has 4 rings (SSSR count). The van der Waals surface area contributed by atoms with Crippen molar-refractivity contribution in [3.63, 3.8) is 0 Å². The van der Waals surface area contributed by atoms with Crippen molar-refractivity contribution in [3.05, 3.63) is 77.9 Å². The fraction of sp³-hybridized carbons (Fsp3) is 0.414. The number of nitrogens with zero attached hydrogens (tertiary/aromatic N) is 2. The van der Waals surface area contributed by atoms with E-state index in [9.17, 15) is 23.1 Å². The highest BCUT2D eigenvalue weighted by molar-refractivity contribution is 5.94. The van der Waals surface area contributed by atoms with Gasteiger partial charge in [-0.2, -0.15) is 13.2 Å². The number of phenols is 1. The molecule has 0 bridgehead atoms. The van der Waals surface area contributed by atoms with Crippen molar-refractivity contribution in [2.75, 3.05) is 26.7 Å². The largest absolute Gasteiger partial charge is 0.508 e. The number of piperidine rings is 1. The van der Waals surface area contributed by atoms with Crippen molar-refractivity contribution in [1.82, 2.24) is 9.80 Å². The van der Waals surface area contributed by atoms with E-state index in [0.717, 1.165) is 63.0 Å². The SMILES string of the molecule is C=CCN1CC[C@@]2(c3cccc(O)c3)C[C@H](N(C)C(=O)C#Cc3ccc(C(F)(F)F)cc3)CC[C@@H]2C1. The van der Waals surface area contributed by atoms with Crippen molar-refractivity contribution in [3.8, 4) is 17.6 Å². The van der Waals surface area contributed by atoms with E-state index >= 15 is 0 Å². The Morgan fingerprint density at radius 1 is 1.25 bits per heavy atom. The molecular formula is C29H31F3N2O2. The Kier molecular flexibility index (Phi) is 7.46. The lowest BCUT2D eigenvalue weighted by molar-refractivity contribution is -0.137. The van der Waals surface area contributed by atoms with Gasteiger partial charge in [-0.15, -0.1) is 6.58 Å². The van der Waals surface area contributed by atoms with Crippen LogP contribution in [-0.4, -0.2) is 53.5 Å². The summed E-state index contributed by atoms with van der Waals surface area (Å²) in [6.07, 6.45) is 0.996. The van der Waals surface area contributed by atoms with Crippen LogP contribution in [0.15, 0.2) is 61.2 Å². The summed E-state index contributed by atoms with van der Waals surface area (Å²) in [5, 5.41) is 10.2. The molecule has 1 N–H and O–H groups in total. The highest BCUT2D eigenvalue weighted by Crippen LogP contribution is 2.50. The van der Waals surface area contributed by atoms with Crippen molar-refractivity contribution < 1.29 is 23.1 Å². The van der Waals surface area contributed by atoms with E-state index in [2.05, 4.69) is 29.4 Å². The summed E-state index contributed by atoms with van der Waals surface area (Å²) < 4.78 is 38.3. The molecule has 1 aliphatic heterocycles.